The van der Waals surface area contributed by atoms with Gasteiger partial charge in [-0.3, -0.25) is 4.72 Å². The maximum Gasteiger partial charge on any atom is 0.261 e. The summed E-state index contributed by atoms with van der Waals surface area (Å²) in [6, 6.07) is 24.3. The Bertz CT molecular complexity index is 1340. The zero-order valence-corrected chi connectivity index (χ0v) is 19.6. The molecule has 0 aliphatic rings. The fraction of sp³-hybridized carbons (Fsp3) is 0.120. The number of hydrogen-bond acceptors (Lipinski definition) is 7. The van der Waals surface area contributed by atoms with E-state index >= 15 is 0 Å². The molecule has 0 unspecified atom stereocenters. The number of benzene rings is 3. The minimum atomic E-state index is -3.75. The first-order chi connectivity index (χ1) is 16.4. The molecule has 0 saturated carbocycles. The molecule has 3 aromatic carbocycles. The SMILES string of the molecule is CCNc1cc(Nc2ccc(NS(=O)(=O)c3ccc(Oc4ccccc4)cc3)cc2)nc(C)n1. The largest absolute Gasteiger partial charge is 0.457 e. The van der Waals surface area contributed by atoms with Crippen molar-refractivity contribution in [2.45, 2.75) is 18.7 Å². The van der Waals surface area contributed by atoms with Gasteiger partial charge in [0, 0.05) is 24.0 Å². The van der Waals surface area contributed by atoms with E-state index < -0.39 is 10.0 Å². The first-order valence-electron chi connectivity index (χ1n) is 10.7. The molecule has 1 aromatic heterocycles. The molecule has 0 spiro atoms. The van der Waals surface area contributed by atoms with E-state index in [1.54, 1.807) is 36.4 Å². The van der Waals surface area contributed by atoms with Gasteiger partial charge in [0.25, 0.3) is 10.0 Å². The Labute approximate surface area is 199 Å². The lowest BCUT2D eigenvalue weighted by Gasteiger charge is -2.11. The van der Waals surface area contributed by atoms with Gasteiger partial charge < -0.3 is 15.4 Å². The monoisotopic (exact) mass is 475 g/mol. The van der Waals surface area contributed by atoms with Crippen LogP contribution in [-0.2, 0) is 10.0 Å². The van der Waals surface area contributed by atoms with E-state index in [-0.39, 0.29) is 4.90 Å². The van der Waals surface area contributed by atoms with Crippen molar-refractivity contribution in [2.24, 2.45) is 0 Å². The lowest BCUT2D eigenvalue weighted by atomic mass is 10.3. The second-order valence-electron chi connectivity index (χ2n) is 7.41. The number of nitrogens with zero attached hydrogens (tertiary/aromatic N) is 2. The van der Waals surface area contributed by atoms with Crippen molar-refractivity contribution >= 4 is 33.0 Å². The summed E-state index contributed by atoms with van der Waals surface area (Å²) in [5.74, 6) is 3.26. The molecule has 0 radical (unpaired) electrons. The molecule has 3 N–H and O–H groups in total. The minimum Gasteiger partial charge on any atom is -0.457 e. The van der Waals surface area contributed by atoms with E-state index in [4.69, 9.17) is 4.74 Å². The first kappa shape index (κ1) is 23.1. The Kier molecular flexibility index (Phi) is 6.93. The van der Waals surface area contributed by atoms with E-state index in [0.29, 0.717) is 28.8 Å². The van der Waals surface area contributed by atoms with Crippen LogP contribution in [0.5, 0.6) is 11.5 Å². The normalized spacial score (nSPS) is 11.0. The van der Waals surface area contributed by atoms with E-state index in [1.165, 1.54) is 12.1 Å². The van der Waals surface area contributed by atoms with Gasteiger partial charge in [-0.1, -0.05) is 18.2 Å². The average molecular weight is 476 g/mol. The van der Waals surface area contributed by atoms with Gasteiger partial charge in [0.15, 0.2) is 0 Å². The van der Waals surface area contributed by atoms with Crippen LogP contribution in [-0.4, -0.2) is 24.9 Å². The molecule has 9 heteroatoms. The van der Waals surface area contributed by atoms with Crippen molar-refractivity contribution in [1.82, 2.24) is 9.97 Å². The molecule has 0 atom stereocenters. The molecule has 0 fully saturated rings. The van der Waals surface area contributed by atoms with Crippen molar-refractivity contribution < 1.29 is 13.2 Å². The van der Waals surface area contributed by atoms with Crippen molar-refractivity contribution in [2.75, 3.05) is 21.9 Å². The molecule has 4 rings (SSSR count). The van der Waals surface area contributed by atoms with E-state index in [1.807, 2.05) is 50.2 Å². The topological polar surface area (TPSA) is 105 Å². The molecular weight excluding hydrogens is 450 g/mol. The van der Waals surface area contributed by atoms with Gasteiger partial charge in [0.05, 0.1) is 4.90 Å². The number of anilines is 4. The summed E-state index contributed by atoms with van der Waals surface area (Å²) >= 11 is 0. The maximum absolute atomic E-state index is 12.8. The molecule has 34 heavy (non-hydrogen) atoms. The van der Waals surface area contributed by atoms with E-state index in [9.17, 15) is 8.42 Å². The second kappa shape index (κ2) is 10.2. The zero-order chi connectivity index (χ0) is 24.0. The van der Waals surface area contributed by atoms with E-state index in [2.05, 4.69) is 25.3 Å². The molecule has 4 aromatic rings. The number of nitrogens with one attached hydrogen (secondary N) is 3. The lowest BCUT2D eigenvalue weighted by Crippen LogP contribution is -2.12. The van der Waals surface area contributed by atoms with Crippen molar-refractivity contribution in [1.29, 1.82) is 0 Å². The zero-order valence-electron chi connectivity index (χ0n) is 18.8. The number of rotatable bonds is 9. The van der Waals surface area contributed by atoms with Crippen LogP contribution in [0.3, 0.4) is 0 Å². The number of ether oxygens (including phenoxy) is 1. The van der Waals surface area contributed by atoms with Crippen LogP contribution in [0.15, 0.2) is 89.8 Å². The number of hydrogen-bond donors (Lipinski definition) is 3. The average Bonchev–Trinajstić information content (AvgIpc) is 2.81. The predicted molar refractivity (Wildman–Crippen MR) is 134 cm³/mol. The summed E-state index contributed by atoms with van der Waals surface area (Å²) < 4.78 is 33.9. The number of aryl methyl sites for hydroxylation is 1. The summed E-state index contributed by atoms with van der Waals surface area (Å²) in [4.78, 5) is 8.85. The molecule has 0 aliphatic heterocycles. The third-order valence-corrected chi connectivity index (χ3v) is 6.12. The van der Waals surface area contributed by atoms with Gasteiger partial charge in [-0.2, -0.15) is 0 Å². The lowest BCUT2D eigenvalue weighted by molar-refractivity contribution is 0.482. The summed E-state index contributed by atoms with van der Waals surface area (Å²) in [6.07, 6.45) is 0. The van der Waals surface area contributed by atoms with Crippen LogP contribution < -0.4 is 20.1 Å². The molecule has 1 heterocycles. The van der Waals surface area contributed by atoms with Crippen LogP contribution in [0, 0.1) is 6.92 Å². The Morgan fingerprint density at radius 2 is 1.41 bits per heavy atom. The molecule has 0 amide bonds. The summed E-state index contributed by atoms with van der Waals surface area (Å²) in [6.45, 7) is 4.58. The van der Waals surface area contributed by atoms with Crippen LogP contribution in [0.25, 0.3) is 0 Å². The summed E-state index contributed by atoms with van der Waals surface area (Å²) in [5, 5.41) is 6.37. The van der Waals surface area contributed by atoms with Crippen LogP contribution >= 0.6 is 0 Å². The molecule has 8 nitrogen and oxygen atoms in total. The van der Waals surface area contributed by atoms with Gasteiger partial charge in [0.2, 0.25) is 0 Å². The first-order valence-corrected chi connectivity index (χ1v) is 12.2. The standard InChI is InChI=1S/C25H25N5O3S/c1-3-26-24-17-25(28-18(2)27-24)29-19-9-11-20(12-10-19)30-34(31,32)23-15-13-22(14-16-23)33-21-7-5-4-6-8-21/h4-17,30H,3H2,1-2H3,(H2,26,27,28,29). The van der Waals surface area contributed by atoms with Gasteiger partial charge in [-0.15, -0.1) is 0 Å². The minimum absolute atomic E-state index is 0.141. The quantitative estimate of drug-likeness (QED) is 0.291. The Morgan fingerprint density at radius 1 is 0.794 bits per heavy atom. The number of aromatic nitrogens is 2. The summed E-state index contributed by atoms with van der Waals surface area (Å²) in [5.41, 5.74) is 1.22. The van der Waals surface area contributed by atoms with Crippen LogP contribution in [0.1, 0.15) is 12.7 Å². The van der Waals surface area contributed by atoms with Crippen molar-refractivity contribution in [3.63, 3.8) is 0 Å². The highest BCUT2D eigenvalue weighted by molar-refractivity contribution is 7.92. The second-order valence-corrected chi connectivity index (χ2v) is 9.09. The number of para-hydroxylation sites is 1. The fourth-order valence-electron chi connectivity index (χ4n) is 3.20. The molecule has 0 bridgehead atoms. The Morgan fingerprint density at radius 3 is 2.09 bits per heavy atom. The smallest absolute Gasteiger partial charge is 0.261 e. The molecule has 0 saturated heterocycles. The summed E-state index contributed by atoms with van der Waals surface area (Å²) in [7, 11) is -3.75. The Hall–Kier alpha value is -4.11. The Balaban J connectivity index is 1.41. The highest BCUT2D eigenvalue weighted by atomic mass is 32.2. The maximum atomic E-state index is 12.8. The fourth-order valence-corrected chi connectivity index (χ4v) is 4.26. The van der Waals surface area contributed by atoms with Gasteiger partial charge in [0.1, 0.15) is 29.0 Å². The highest BCUT2D eigenvalue weighted by Crippen LogP contribution is 2.25. The van der Waals surface area contributed by atoms with Crippen molar-refractivity contribution in [3.05, 3.63) is 90.8 Å². The predicted octanol–water partition coefficient (Wildman–Crippen LogP) is 5.55. The molecule has 0 aliphatic carbocycles. The van der Waals surface area contributed by atoms with Crippen LogP contribution in [0.2, 0.25) is 0 Å². The van der Waals surface area contributed by atoms with Gasteiger partial charge >= 0.3 is 0 Å². The van der Waals surface area contributed by atoms with Crippen LogP contribution in [0.4, 0.5) is 23.0 Å². The third kappa shape index (κ3) is 6.02. The highest BCUT2D eigenvalue weighted by Gasteiger charge is 2.14. The van der Waals surface area contributed by atoms with Gasteiger partial charge in [-0.05, 0) is 74.5 Å². The molecule has 174 valence electrons. The van der Waals surface area contributed by atoms with Gasteiger partial charge in [-0.25, -0.2) is 18.4 Å². The van der Waals surface area contributed by atoms with E-state index in [0.717, 1.165) is 18.1 Å². The van der Waals surface area contributed by atoms with Crippen molar-refractivity contribution in [3.8, 4) is 11.5 Å². The third-order valence-electron chi connectivity index (χ3n) is 4.72. The number of sulfonamides is 1. The molecular formula is C25H25N5O3S.